The first-order valence-electron chi connectivity index (χ1n) is 10.9. The van der Waals surface area contributed by atoms with Gasteiger partial charge in [0.25, 0.3) is 0 Å². The van der Waals surface area contributed by atoms with E-state index in [1.807, 2.05) is 37.3 Å². The van der Waals surface area contributed by atoms with Gasteiger partial charge in [0.1, 0.15) is 0 Å². The first-order chi connectivity index (χ1) is 15.9. The lowest BCUT2D eigenvalue weighted by atomic mass is 10.1. The fourth-order valence-corrected chi connectivity index (χ4v) is 3.83. The third-order valence-corrected chi connectivity index (χ3v) is 6.71. The first-order valence-corrected chi connectivity index (χ1v) is 12.4. The topological polar surface area (TPSA) is 34.1 Å². The molecule has 0 bridgehead atoms. The zero-order valence-corrected chi connectivity index (χ0v) is 21.3. The summed E-state index contributed by atoms with van der Waals surface area (Å²) >= 11 is 0. The molecule has 0 saturated heterocycles. The van der Waals surface area contributed by atoms with E-state index in [0.29, 0.717) is 9.80 Å². The van der Waals surface area contributed by atoms with E-state index in [-0.39, 0.29) is 0 Å². The standard InChI is InChI=1S/C17H20O2S.C11H14.C2H4/c1-5-7-8-9-14(3)16-10-12-17(13-11-16)20(18,19)15(4)6-2;1-2-3-8-11-9-6-4-5-7-10-11;1-2/h5-13H,1H2,2-4H3;2-7,9H,8,10H2,1H3;1-2H2/b8-7-,14-9+,15-6+;3-2-;. The minimum absolute atomic E-state index is 0.325. The Morgan fingerprint density at radius 1 is 1.00 bits per heavy atom. The maximum Gasteiger partial charge on any atom is 0.202 e. The van der Waals surface area contributed by atoms with Crippen LogP contribution in [0, 0.1) is 0 Å². The molecule has 1 aromatic carbocycles. The summed E-state index contributed by atoms with van der Waals surface area (Å²) in [6.45, 7) is 17.0. The maximum atomic E-state index is 12.2. The minimum atomic E-state index is -3.34. The molecule has 0 unspecified atom stereocenters. The summed E-state index contributed by atoms with van der Waals surface area (Å²) in [5.41, 5.74) is 3.54. The highest BCUT2D eigenvalue weighted by atomic mass is 32.2. The maximum absolute atomic E-state index is 12.2. The molecule has 0 aliphatic heterocycles. The van der Waals surface area contributed by atoms with Gasteiger partial charge in [0.2, 0.25) is 9.84 Å². The summed E-state index contributed by atoms with van der Waals surface area (Å²) in [5.74, 6) is 0. The molecule has 0 radical (unpaired) electrons. The molecule has 33 heavy (non-hydrogen) atoms. The van der Waals surface area contributed by atoms with Gasteiger partial charge in [-0.15, -0.1) is 13.2 Å². The van der Waals surface area contributed by atoms with Crippen LogP contribution in [-0.2, 0) is 9.84 Å². The van der Waals surface area contributed by atoms with E-state index in [4.69, 9.17) is 0 Å². The Kier molecular flexibility index (Phi) is 15.7. The van der Waals surface area contributed by atoms with E-state index in [2.05, 4.69) is 69.2 Å². The Labute approximate surface area is 202 Å². The predicted octanol–water partition coefficient (Wildman–Crippen LogP) is 8.73. The summed E-state index contributed by atoms with van der Waals surface area (Å²) in [5, 5.41) is 0. The van der Waals surface area contributed by atoms with Gasteiger partial charge in [-0.3, -0.25) is 0 Å². The summed E-state index contributed by atoms with van der Waals surface area (Å²) < 4.78 is 24.3. The Morgan fingerprint density at radius 3 is 2.24 bits per heavy atom. The van der Waals surface area contributed by atoms with E-state index in [9.17, 15) is 8.42 Å². The van der Waals surface area contributed by atoms with E-state index in [1.54, 1.807) is 38.1 Å². The van der Waals surface area contributed by atoms with Crippen LogP contribution in [0.2, 0.25) is 0 Å². The average molecular weight is 463 g/mol. The monoisotopic (exact) mass is 462 g/mol. The van der Waals surface area contributed by atoms with E-state index in [0.717, 1.165) is 24.0 Å². The third-order valence-electron chi connectivity index (χ3n) is 4.73. The van der Waals surface area contributed by atoms with E-state index >= 15 is 0 Å². The molecule has 0 spiro atoms. The normalized spacial score (nSPS) is 14.1. The van der Waals surface area contributed by atoms with Crippen molar-refractivity contribution < 1.29 is 8.42 Å². The third kappa shape index (κ3) is 11.3. The van der Waals surface area contributed by atoms with E-state index < -0.39 is 9.84 Å². The quantitative estimate of drug-likeness (QED) is 0.300. The van der Waals surface area contributed by atoms with Crippen LogP contribution in [0.5, 0.6) is 0 Å². The molecular formula is C30H38O2S. The zero-order chi connectivity index (χ0) is 25.1. The molecule has 1 aliphatic carbocycles. The fraction of sp³-hybridized carbons (Fsp3) is 0.200. The molecule has 0 heterocycles. The lowest BCUT2D eigenvalue weighted by Crippen LogP contribution is -2.02. The van der Waals surface area contributed by atoms with Crippen molar-refractivity contribution in [1.82, 2.24) is 0 Å². The van der Waals surface area contributed by atoms with Crippen molar-refractivity contribution in [1.29, 1.82) is 0 Å². The zero-order valence-electron chi connectivity index (χ0n) is 20.5. The second-order valence-electron chi connectivity index (χ2n) is 7.01. The van der Waals surface area contributed by atoms with Gasteiger partial charge in [0.05, 0.1) is 4.90 Å². The number of rotatable bonds is 7. The Morgan fingerprint density at radius 2 is 1.67 bits per heavy atom. The van der Waals surface area contributed by atoms with Crippen LogP contribution in [0.15, 0.2) is 132 Å². The summed E-state index contributed by atoms with van der Waals surface area (Å²) in [7, 11) is -3.34. The van der Waals surface area contributed by atoms with Crippen molar-refractivity contribution in [2.45, 2.75) is 45.4 Å². The Balaban J connectivity index is 0.000000663. The van der Waals surface area contributed by atoms with Crippen LogP contribution in [0.4, 0.5) is 0 Å². The van der Waals surface area contributed by atoms with Crippen LogP contribution in [0.1, 0.15) is 46.1 Å². The predicted molar refractivity (Wildman–Crippen MR) is 148 cm³/mol. The Hall–Kier alpha value is -3.17. The second kappa shape index (κ2) is 17.4. The number of allylic oxidation sites excluding steroid dienone is 15. The minimum Gasteiger partial charge on any atom is -0.219 e. The van der Waals surface area contributed by atoms with Crippen LogP contribution >= 0.6 is 0 Å². The van der Waals surface area contributed by atoms with Gasteiger partial charge in [-0.2, -0.15) is 0 Å². The summed E-state index contributed by atoms with van der Waals surface area (Å²) in [6, 6.07) is 6.94. The van der Waals surface area contributed by atoms with Crippen molar-refractivity contribution in [2.75, 3.05) is 0 Å². The molecule has 0 amide bonds. The van der Waals surface area contributed by atoms with Crippen LogP contribution in [0.25, 0.3) is 5.57 Å². The smallest absolute Gasteiger partial charge is 0.202 e. The van der Waals surface area contributed by atoms with Crippen LogP contribution in [-0.4, -0.2) is 8.42 Å². The largest absolute Gasteiger partial charge is 0.219 e. The second-order valence-corrected chi connectivity index (χ2v) is 9.13. The van der Waals surface area contributed by atoms with Gasteiger partial charge in [0, 0.05) is 4.91 Å². The molecule has 0 atom stereocenters. The number of hydrogen-bond donors (Lipinski definition) is 0. The van der Waals surface area contributed by atoms with Gasteiger partial charge in [-0.05, 0) is 63.8 Å². The molecule has 2 rings (SSSR count). The van der Waals surface area contributed by atoms with Gasteiger partial charge in [-0.1, -0.05) is 97.2 Å². The van der Waals surface area contributed by atoms with Gasteiger partial charge in [0.15, 0.2) is 0 Å². The summed E-state index contributed by atoms with van der Waals surface area (Å²) in [4.78, 5) is 0.692. The molecule has 0 fully saturated rings. The molecule has 0 N–H and O–H groups in total. The highest BCUT2D eigenvalue weighted by molar-refractivity contribution is 7.95. The van der Waals surface area contributed by atoms with Crippen molar-refractivity contribution >= 4 is 15.4 Å². The molecule has 0 aromatic heterocycles. The van der Waals surface area contributed by atoms with Crippen molar-refractivity contribution in [3.8, 4) is 0 Å². The molecule has 1 aromatic rings. The van der Waals surface area contributed by atoms with Gasteiger partial charge >= 0.3 is 0 Å². The van der Waals surface area contributed by atoms with Gasteiger partial charge < -0.3 is 0 Å². The summed E-state index contributed by atoms with van der Waals surface area (Å²) in [6.07, 6.45) is 26.1. The fourth-order valence-electron chi connectivity index (χ4n) is 2.66. The van der Waals surface area contributed by atoms with E-state index in [1.165, 1.54) is 5.57 Å². The van der Waals surface area contributed by atoms with Crippen molar-refractivity contribution in [3.63, 3.8) is 0 Å². The van der Waals surface area contributed by atoms with Crippen molar-refractivity contribution in [3.05, 3.63) is 133 Å². The molecular weight excluding hydrogens is 424 g/mol. The molecule has 2 nitrogen and oxygen atoms in total. The Bertz CT molecular complexity index is 1040. The lowest BCUT2D eigenvalue weighted by Gasteiger charge is -2.06. The van der Waals surface area contributed by atoms with Gasteiger partial charge in [-0.25, -0.2) is 8.42 Å². The average Bonchev–Trinajstić information content (AvgIpc) is 3.13. The van der Waals surface area contributed by atoms with Crippen molar-refractivity contribution in [2.24, 2.45) is 0 Å². The molecule has 1 aliphatic rings. The molecule has 176 valence electrons. The molecule has 3 heteroatoms. The van der Waals surface area contributed by atoms with Crippen LogP contribution < -0.4 is 0 Å². The number of sulfone groups is 1. The van der Waals surface area contributed by atoms with Crippen LogP contribution in [0.3, 0.4) is 0 Å². The number of benzene rings is 1. The number of hydrogen-bond acceptors (Lipinski definition) is 2. The lowest BCUT2D eigenvalue weighted by molar-refractivity contribution is 0.602. The highest BCUT2D eigenvalue weighted by Crippen LogP contribution is 2.22. The highest BCUT2D eigenvalue weighted by Gasteiger charge is 2.15. The SMILES string of the molecule is C/C=C\CC1=CC=CC=CC1.C=C.C=C/C=C\C=C(/C)c1ccc(S(=O)(=O)/C(C)=C/C)cc1. The first kappa shape index (κ1) is 29.8. The molecule has 0 saturated carbocycles.